The summed E-state index contributed by atoms with van der Waals surface area (Å²) in [6.45, 7) is 7.86. The second kappa shape index (κ2) is 10.1. The Labute approximate surface area is 285 Å². The molecule has 0 bridgehead atoms. The Morgan fingerprint density at radius 3 is 1.22 bits per heavy atom. The molecule has 0 fully saturated rings. The van der Waals surface area contributed by atoms with E-state index >= 15 is 22.0 Å². The average Bonchev–Trinajstić information content (AvgIpc) is 3.55. The SMILES string of the molecule is Cc1ccc2c3ccc(C)cc3n(-c3ccc(C4(C(F)(F)F)c5ccc(-n6c7cc(C)ccc7c7ccc(C)cc76)cc5C4(F)F)cc3)c2c1. The number of aryl methyl sites for hydroxylation is 4. The van der Waals surface area contributed by atoms with E-state index in [1.54, 1.807) is 0 Å². The predicted molar refractivity (Wildman–Crippen MR) is 191 cm³/mol. The lowest BCUT2D eigenvalue weighted by Gasteiger charge is -2.51. The smallest absolute Gasteiger partial charge is 0.309 e. The lowest BCUT2D eigenvalue weighted by Crippen LogP contribution is -2.62. The van der Waals surface area contributed by atoms with Gasteiger partial charge in [0.15, 0.2) is 5.41 Å². The van der Waals surface area contributed by atoms with Gasteiger partial charge in [-0.15, -0.1) is 0 Å². The van der Waals surface area contributed by atoms with E-state index in [1.807, 2.05) is 110 Å². The van der Waals surface area contributed by atoms with Gasteiger partial charge in [-0.2, -0.15) is 22.0 Å². The largest absolute Gasteiger partial charge is 0.408 e. The van der Waals surface area contributed by atoms with Gasteiger partial charge in [-0.25, -0.2) is 0 Å². The summed E-state index contributed by atoms with van der Waals surface area (Å²) >= 11 is 0. The van der Waals surface area contributed by atoms with Crippen molar-refractivity contribution in [3.8, 4) is 11.4 Å². The zero-order valence-corrected chi connectivity index (χ0v) is 27.8. The fraction of sp³-hybridized carbons (Fsp3) is 0.163. The summed E-state index contributed by atoms with van der Waals surface area (Å²) in [6.07, 6.45) is -5.27. The number of aromatic nitrogens is 2. The van der Waals surface area contributed by atoms with Gasteiger partial charge in [0, 0.05) is 38.5 Å². The Bertz CT molecular complexity index is 2590. The van der Waals surface area contributed by atoms with Gasteiger partial charge < -0.3 is 9.13 Å². The van der Waals surface area contributed by atoms with E-state index in [0.29, 0.717) is 11.4 Å². The van der Waals surface area contributed by atoms with Crippen LogP contribution in [0.3, 0.4) is 0 Å². The molecular formula is C43H31F5N2. The van der Waals surface area contributed by atoms with Gasteiger partial charge in [-0.1, -0.05) is 66.7 Å². The van der Waals surface area contributed by atoms with E-state index in [0.717, 1.165) is 65.9 Å². The second-order valence-electron chi connectivity index (χ2n) is 13.9. The quantitative estimate of drug-likeness (QED) is 0.166. The molecule has 0 aliphatic heterocycles. The highest BCUT2D eigenvalue weighted by molar-refractivity contribution is 6.10. The minimum absolute atomic E-state index is 0.391. The van der Waals surface area contributed by atoms with Crippen LogP contribution in [0.4, 0.5) is 22.0 Å². The molecule has 2 heterocycles. The van der Waals surface area contributed by atoms with E-state index < -0.39 is 34.2 Å². The molecule has 0 radical (unpaired) electrons. The number of halogens is 5. The summed E-state index contributed by atoms with van der Waals surface area (Å²) in [7, 11) is 0. The molecule has 2 aromatic heterocycles. The van der Waals surface area contributed by atoms with Crippen LogP contribution in [0, 0.1) is 27.7 Å². The highest BCUT2D eigenvalue weighted by atomic mass is 19.4. The van der Waals surface area contributed by atoms with Crippen molar-refractivity contribution >= 4 is 43.6 Å². The van der Waals surface area contributed by atoms with Crippen LogP contribution < -0.4 is 0 Å². The van der Waals surface area contributed by atoms with Crippen LogP contribution in [0.1, 0.15) is 38.9 Å². The van der Waals surface area contributed by atoms with Crippen LogP contribution in [0.25, 0.3) is 55.0 Å². The molecular weight excluding hydrogens is 639 g/mol. The maximum Gasteiger partial charge on any atom is 0.408 e. The van der Waals surface area contributed by atoms with Crippen LogP contribution in [-0.2, 0) is 11.3 Å². The van der Waals surface area contributed by atoms with E-state index in [1.165, 1.54) is 42.5 Å². The van der Waals surface area contributed by atoms with Crippen molar-refractivity contribution in [3.05, 3.63) is 154 Å². The number of nitrogens with zero attached hydrogens (tertiary/aromatic N) is 2. The molecule has 0 saturated heterocycles. The standard InChI is InChI=1S/C43H31F5N2/c1-24-5-14-31-32-15-6-25(2)20-38(32)49(37(31)19-24)29-11-9-28(10-12-29)41(43(46,47)48)35-18-13-30(23-36(35)42(41,44)45)50-39-21-26(3)7-16-33(39)34-17-8-27(4)22-40(34)50/h5-23H,1-4H3. The Kier molecular flexibility index (Phi) is 6.16. The van der Waals surface area contributed by atoms with Crippen molar-refractivity contribution in [1.82, 2.24) is 9.13 Å². The van der Waals surface area contributed by atoms with Crippen molar-refractivity contribution in [2.24, 2.45) is 0 Å². The molecule has 0 N–H and O–H groups in total. The molecule has 1 aliphatic rings. The summed E-state index contributed by atoms with van der Waals surface area (Å²) < 4.78 is 82.8. The van der Waals surface area contributed by atoms with Gasteiger partial charge in [0.25, 0.3) is 5.92 Å². The molecule has 6 aromatic carbocycles. The van der Waals surface area contributed by atoms with Gasteiger partial charge >= 0.3 is 6.18 Å². The summed E-state index contributed by atoms with van der Waals surface area (Å²) in [5.41, 5.74) is 3.40. The first-order valence-corrected chi connectivity index (χ1v) is 16.5. The van der Waals surface area contributed by atoms with Crippen molar-refractivity contribution in [2.45, 2.75) is 45.2 Å². The second-order valence-corrected chi connectivity index (χ2v) is 13.9. The van der Waals surface area contributed by atoms with E-state index in [-0.39, 0.29) is 0 Å². The van der Waals surface area contributed by atoms with E-state index in [2.05, 4.69) is 0 Å². The maximum atomic E-state index is 16.6. The van der Waals surface area contributed by atoms with Gasteiger partial charge in [0.1, 0.15) is 0 Å². The molecule has 9 rings (SSSR count). The zero-order chi connectivity index (χ0) is 34.9. The van der Waals surface area contributed by atoms with Gasteiger partial charge in [-0.05, 0) is 110 Å². The number of hydrogen-bond donors (Lipinski definition) is 0. The third kappa shape index (κ3) is 3.89. The monoisotopic (exact) mass is 670 g/mol. The zero-order valence-electron chi connectivity index (χ0n) is 27.8. The van der Waals surface area contributed by atoms with Crippen molar-refractivity contribution in [1.29, 1.82) is 0 Å². The van der Waals surface area contributed by atoms with Crippen molar-refractivity contribution in [2.75, 3.05) is 0 Å². The molecule has 1 atom stereocenters. The molecule has 1 aliphatic carbocycles. The molecule has 0 amide bonds. The minimum atomic E-state index is -5.27. The summed E-state index contributed by atoms with van der Waals surface area (Å²) in [6, 6.07) is 33.6. The van der Waals surface area contributed by atoms with Gasteiger partial charge in [-0.3, -0.25) is 0 Å². The third-order valence-electron chi connectivity index (χ3n) is 10.6. The Morgan fingerprint density at radius 2 is 0.820 bits per heavy atom. The van der Waals surface area contributed by atoms with Crippen LogP contribution >= 0.6 is 0 Å². The number of alkyl halides is 5. The van der Waals surface area contributed by atoms with E-state index in [4.69, 9.17) is 0 Å². The molecule has 0 spiro atoms. The maximum absolute atomic E-state index is 16.6. The molecule has 50 heavy (non-hydrogen) atoms. The Hall–Kier alpha value is -5.43. The lowest BCUT2D eigenvalue weighted by molar-refractivity contribution is -0.267. The minimum Gasteiger partial charge on any atom is -0.309 e. The fourth-order valence-corrected chi connectivity index (χ4v) is 8.29. The molecule has 2 nitrogen and oxygen atoms in total. The van der Waals surface area contributed by atoms with Crippen molar-refractivity contribution < 1.29 is 22.0 Å². The van der Waals surface area contributed by atoms with Gasteiger partial charge in [0.05, 0.1) is 22.1 Å². The van der Waals surface area contributed by atoms with Gasteiger partial charge in [0.2, 0.25) is 0 Å². The van der Waals surface area contributed by atoms with Crippen molar-refractivity contribution in [3.63, 3.8) is 0 Å². The summed E-state index contributed by atoms with van der Waals surface area (Å²) in [5, 5.41) is 3.90. The molecule has 7 heteroatoms. The van der Waals surface area contributed by atoms with Crippen LogP contribution in [0.2, 0.25) is 0 Å². The fourth-order valence-electron chi connectivity index (χ4n) is 8.29. The number of hydrogen-bond acceptors (Lipinski definition) is 0. The number of rotatable bonds is 3. The topological polar surface area (TPSA) is 9.86 Å². The Morgan fingerprint density at radius 1 is 0.440 bits per heavy atom. The highest BCUT2D eigenvalue weighted by Gasteiger charge is 2.79. The average molecular weight is 671 g/mol. The molecule has 0 saturated carbocycles. The number of fused-ring (bicyclic) bond motifs is 7. The first kappa shape index (κ1) is 30.6. The highest BCUT2D eigenvalue weighted by Crippen LogP contribution is 2.68. The first-order valence-electron chi connectivity index (χ1n) is 16.5. The first-order chi connectivity index (χ1) is 23.8. The lowest BCUT2D eigenvalue weighted by atomic mass is 9.56. The third-order valence-corrected chi connectivity index (χ3v) is 10.6. The number of benzene rings is 6. The molecule has 8 aromatic rings. The molecule has 248 valence electrons. The summed E-state index contributed by atoms with van der Waals surface area (Å²) in [5.74, 6) is -4.22. The predicted octanol–water partition coefficient (Wildman–Crippen LogP) is 12.1. The van der Waals surface area contributed by atoms with Crippen LogP contribution in [0.15, 0.2) is 115 Å². The normalized spacial score (nSPS) is 17.1. The Balaban J connectivity index is 1.22. The van der Waals surface area contributed by atoms with Crippen LogP contribution in [0.5, 0.6) is 0 Å². The summed E-state index contributed by atoms with van der Waals surface area (Å²) in [4.78, 5) is 0. The molecule has 1 unspecified atom stereocenters. The van der Waals surface area contributed by atoms with E-state index in [9.17, 15) is 0 Å². The van der Waals surface area contributed by atoms with Crippen LogP contribution in [-0.4, -0.2) is 15.3 Å².